The highest BCUT2D eigenvalue weighted by Crippen LogP contribution is 2.50. The lowest BCUT2D eigenvalue weighted by Crippen LogP contribution is -2.32. The Bertz CT molecular complexity index is 2000. The number of benzene rings is 1. The number of pyridine rings is 1. The molecule has 7 heterocycles. The fourth-order valence-electron chi connectivity index (χ4n) is 7.54. The predicted molar refractivity (Wildman–Crippen MR) is 167 cm³/mol. The number of rotatable bonds is 7. The third kappa shape index (κ3) is 4.84. The van der Waals surface area contributed by atoms with Crippen molar-refractivity contribution in [2.24, 2.45) is 5.92 Å². The number of allylic oxidation sites excluding steroid dienone is 2. The summed E-state index contributed by atoms with van der Waals surface area (Å²) in [7, 11) is 0. The van der Waals surface area contributed by atoms with E-state index in [-0.39, 0.29) is 18.5 Å². The molecule has 4 aromatic rings. The molecule has 1 aromatic carbocycles. The van der Waals surface area contributed by atoms with Crippen molar-refractivity contribution in [1.29, 1.82) is 5.26 Å². The fourth-order valence-corrected chi connectivity index (χ4v) is 7.54. The summed E-state index contributed by atoms with van der Waals surface area (Å²) < 4.78 is 19.1. The van der Waals surface area contributed by atoms with Crippen LogP contribution >= 0.6 is 0 Å². The smallest absolute Gasteiger partial charge is 0.420 e. The van der Waals surface area contributed by atoms with Crippen LogP contribution in [0.3, 0.4) is 0 Å². The Morgan fingerprint density at radius 2 is 1.91 bits per heavy atom. The molecule has 0 aliphatic carbocycles. The van der Waals surface area contributed by atoms with Gasteiger partial charge in [-0.2, -0.15) is 5.26 Å². The van der Waals surface area contributed by atoms with Crippen molar-refractivity contribution in [2.75, 3.05) is 19.8 Å². The zero-order chi connectivity index (χ0) is 31.4. The first kappa shape index (κ1) is 28.5. The van der Waals surface area contributed by atoms with Gasteiger partial charge in [0, 0.05) is 48.8 Å². The minimum absolute atomic E-state index is 0.0265. The van der Waals surface area contributed by atoms with E-state index in [1.54, 1.807) is 18.3 Å². The van der Waals surface area contributed by atoms with Crippen molar-refractivity contribution in [2.45, 2.75) is 64.0 Å². The van der Waals surface area contributed by atoms with E-state index >= 15 is 0 Å². The van der Waals surface area contributed by atoms with Crippen LogP contribution in [0.25, 0.3) is 16.7 Å². The Kier molecular flexibility index (Phi) is 7.10. The van der Waals surface area contributed by atoms with E-state index in [0.717, 1.165) is 80.8 Å². The molecule has 1 amide bonds. The van der Waals surface area contributed by atoms with E-state index in [9.17, 15) is 9.59 Å². The van der Waals surface area contributed by atoms with Crippen molar-refractivity contribution in [3.63, 3.8) is 0 Å². The van der Waals surface area contributed by atoms with E-state index < -0.39 is 11.7 Å². The van der Waals surface area contributed by atoms with Gasteiger partial charge in [-0.15, -0.1) is 0 Å². The van der Waals surface area contributed by atoms with Gasteiger partial charge in [-0.05, 0) is 81.2 Å². The first-order chi connectivity index (χ1) is 22.5. The first-order valence-corrected chi connectivity index (χ1v) is 16.0. The number of hydrogen-bond donors (Lipinski definition) is 1. The van der Waals surface area contributed by atoms with Gasteiger partial charge in [-0.25, -0.2) is 9.78 Å². The number of nitriles is 1. The van der Waals surface area contributed by atoms with Crippen molar-refractivity contribution in [3.05, 3.63) is 98.7 Å². The van der Waals surface area contributed by atoms with Crippen LogP contribution in [0.4, 0.5) is 0 Å². The number of nitrogens with one attached hydrogen (secondary N) is 1. The van der Waals surface area contributed by atoms with Crippen LogP contribution in [-0.2, 0) is 16.1 Å². The summed E-state index contributed by atoms with van der Waals surface area (Å²) in [6, 6.07) is 11.2. The minimum atomic E-state index is -0.502. The molecular weight excluding hydrogens is 584 g/mol. The van der Waals surface area contributed by atoms with E-state index in [4.69, 9.17) is 18.8 Å². The van der Waals surface area contributed by atoms with Crippen LogP contribution in [0.2, 0.25) is 0 Å². The highest BCUT2D eigenvalue weighted by molar-refractivity contribution is 6.04. The second kappa shape index (κ2) is 11.4. The summed E-state index contributed by atoms with van der Waals surface area (Å²) in [4.78, 5) is 38.2. The molecule has 0 bridgehead atoms. The molecule has 0 saturated carbocycles. The lowest BCUT2D eigenvalue weighted by Gasteiger charge is -2.31. The van der Waals surface area contributed by atoms with Gasteiger partial charge in [-0.3, -0.25) is 14.3 Å². The van der Waals surface area contributed by atoms with Gasteiger partial charge in [0.05, 0.1) is 41.1 Å². The number of oxazole rings is 2. The highest BCUT2D eigenvalue weighted by Gasteiger charge is 2.49. The molecule has 3 aromatic heterocycles. The van der Waals surface area contributed by atoms with E-state index in [1.807, 2.05) is 30.0 Å². The monoisotopic (exact) mass is 618 g/mol. The number of nitrogens with zero attached hydrogens (tertiary/aromatic N) is 5. The van der Waals surface area contributed by atoms with Crippen LogP contribution in [0.5, 0.6) is 0 Å². The Labute approximate surface area is 265 Å². The molecule has 0 spiro atoms. The number of aromatic nitrogens is 3. The normalized spacial score (nSPS) is 21.6. The van der Waals surface area contributed by atoms with Crippen molar-refractivity contribution < 1.29 is 18.4 Å². The molecule has 1 unspecified atom stereocenters. The van der Waals surface area contributed by atoms with Crippen LogP contribution in [0.15, 0.2) is 73.3 Å². The van der Waals surface area contributed by atoms with Gasteiger partial charge in [0.25, 0.3) is 5.91 Å². The molecule has 2 fully saturated rings. The third-order valence-corrected chi connectivity index (χ3v) is 9.85. The number of aryl methyl sites for hydroxylation is 1. The quantitative estimate of drug-likeness (QED) is 0.310. The SMILES string of the molecule is Cc1cnc(C2=C(CCC3CCOCC3)NC3=C(C(=O)N4CCC[C@@H]34)C2c2ccc3c(c2)oc(=O)n3Cc2ccc(C#N)cn2)o1. The maximum Gasteiger partial charge on any atom is 0.420 e. The molecule has 4 aliphatic rings. The summed E-state index contributed by atoms with van der Waals surface area (Å²) in [5.74, 6) is 0.832. The maximum atomic E-state index is 14.1. The van der Waals surface area contributed by atoms with Crippen LogP contribution in [0.1, 0.15) is 72.9 Å². The highest BCUT2D eigenvalue weighted by atomic mass is 16.5. The minimum Gasteiger partial charge on any atom is -0.442 e. The molecule has 11 heteroatoms. The average molecular weight is 619 g/mol. The summed E-state index contributed by atoms with van der Waals surface area (Å²) in [5, 5.41) is 12.9. The fraction of sp³-hybridized carbons (Fsp3) is 0.400. The lowest BCUT2D eigenvalue weighted by molar-refractivity contribution is -0.126. The van der Waals surface area contributed by atoms with Gasteiger partial charge in [0.2, 0.25) is 5.89 Å². The van der Waals surface area contributed by atoms with Crippen LogP contribution < -0.4 is 11.1 Å². The Morgan fingerprint density at radius 3 is 2.67 bits per heavy atom. The number of carbonyl (C=O) groups excluding carboxylic acids is 1. The first-order valence-electron chi connectivity index (χ1n) is 16.0. The number of ether oxygens (including phenoxy) is 1. The van der Waals surface area contributed by atoms with Crippen molar-refractivity contribution in [1.82, 2.24) is 24.8 Å². The molecular formula is C35H34N6O5. The molecule has 11 nitrogen and oxygen atoms in total. The number of hydrogen-bond acceptors (Lipinski definition) is 9. The van der Waals surface area contributed by atoms with Gasteiger partial charge in [0.1, 0.15) is 11.8 Å². The molecule has 2 atom stereocenters. The van der Waals surface area contributed by atoms with Gasteiger partial charge >= 0.3 is 5.76 Å². The third-order valence-electron chi connectivity index (χ3n) is 9.85. The molecule has 1 N–H and O–H groups in total. The molecule has 0 radical (unpaired) electrons. The summed E-state index contributed by atoms with van der Waals surface area (Å²) >= 11 is 0. The van der Waals surface area contributed by atoms with Gasteiger partial charge in [-0.1, -0.05) is 6.07 Å². The van der Waals surface area contributed by atoms with Crippen molar-refractivity contribution in [3.8, 4) is 6.07 Å². The van der Waals surface area contributed by atoms with E-state index in [1.165, 1.54) is 10.8 Å². The Balaban J connectivity index is 1.23. The van der Waals surface area contributed by atoms with Crippen molar-refractivity contribution >= 4 is 22.6 Å². The average Bonchev–Trinajstić information content (AvgIpc) is 3.86. The predicted octanol–water partition coefficient (Wildman–Crippen LogP) is 4.77. The number of fused-ring (bicyclic) bond motifs is 3. The molecule has 46 heavy (non-hydrogen) atoms. The largest absolute Gasteiger partial charge is 0.442 e. The number of carbonyl (C=O) groups is 1. The molecule has 234 valence electrons. The number of amides is 1. The molecule has 8 rings (SSSR count). The number of dihydropyridines is 1. The van der Waals surface area contributed by atoms with E-state index in [0.29, 0.717) is 45.5 Å². The molecule has 4 aliphatic heterocycles. The van der Waals surface area contributed by atoms with Crippen LogP contribution in [0, 0.1) is 24.2 Å². The second-order valence-corrected chi connectivity index (χ2v) is 12.6. The Hall–Kier alpha value is -4.95. The van der Waals surface area contributed by atoms with E-state index in [2.05, 4.69) is 21.4 Å². The summed E-state index contributed by atoms with van der Waals surface area (Å²) in [6.45, 7) is 4.39. The van der Waals surface area contributed by atoms with Crippen LogP contribution in [-0.4, -0.2) is 51.1 Å². The zero-order valence-electron chi connectivity index (χ0n) is 25.6. The van der Waals surface area contributed by atoms with Gasteiger partial charge in [0.15, 0.2) is 5.58 Å². The molecule has 2 saturated heterocycles. The maximum absolute atomic E-state index is 14.1. The summed E-state index contributed by atoms with van der Waals surface area (Å²) in [6.07, 6.45) is 8.97. The van der Waals surface area contributed by atoms with Gasteiger partial charge < -0.3 is 23.8 Å². The standard InChI is InChI=1S/C35H34N6O5/c1-20-17-38-33(45-20)30-25(8-5-21-10-13-44-14-11-21)39-32-27-3-2-12-40(27)34(42)31(32)29(30)23-6-9-26-28(15-23)46-35(43)41(26)19-24-7-4-22(16-36)18-37-24/h4,6-7,9,15,17-18,21,27,29,39H,2-3,5,8,10-14,19H2,1H3/t27-,29?/m0/s1. The zero-order valence-corrected chi connectivity index (χ0v) is 25.6. The second-order valence-electron chi connectivity index (χ2n) is 12.6. The topological polar surface area (TPSA) is 139 Å². The Morgan fingerprint density at radius 1 is 1.04 bits per heavy atom. The summed E-state index contributed by atoms with van der Waals surface area (Å²) in [5.41, 5.74) is 6.56. The lowest BCUT2D eigenvalue weighted by atomic mass is 9.78.